The summed E-state index contributed by atoms with van der Waals surface area (Å²) in [6.07, 6.45) is 4.40. The van der Waals surface area contributed by atoms with E-state index in [0.717, 1.165) is 31.2 Å². The molecule has 2 aromatic rings. The quantitative estimate of drug-likeness (QED) is 0.682. The Hall–Kier alpha value is -2.24. The number of amides is 1. The first-order valence-corrected chi connectivity index (χ1v) is 10.3. The lowest BCUT2D eigenvalue weighted by molar-refractivity contribution is -0.126. The van der Waals surface area contributed by atoms with E-state index in [9.17, 15) is 4.79 Å². The number of halogens is 1. The number of methoxy groups -OCH3 is 2. The van der Waals surface area contributed by atoms with Crippen molar-refractivity contribution in [1.29, 1.82) is 0 Å². The maximum absolute atomic E-state index is 13.1. The van der Waals surface area contributed by atoms with Crippen LogP contribution in [0.25, 0.3) is 0 Å². The first kappa shape index (κ1) is 24.0. The fourth-order valence-electron chi connectivity index (χ4n) is 4.14. The number of nitrogens with one attached hydrogen (secondary N) is 1. The zero-order chi connectivity index (χ0) is 20.8. The van der Waals surface area contributed by atoms with Gasteiger partial charge in [0.25, 0.3) is 0 Å². The number of rotatable bonds is 7. The number of hydrogen-bond acceptors (Lipinski definition) is 4. The Morgan fingerprint density at radius 1 is 1.13 bits per heavy atom. The molecule has 1 saturated carbocycles. The second-order valence-corrected chi connectivity index (χ2v) is 7.93. The molecule has 2 aromatic carbocycles. The predicted octanol–water partition coefficient (Wildman–Crippen LogP) is 4.35. The van der Waals surface area contributed by atoms with Crippen LogP contribution < -0.4 is 20.5 Å². The zero-order valence-corrected chi connectivity index (χ0v) is 18.8. The summed E-state index contributed by atoms with van der Waals surface area (Å²) in [5.74, 6) is 1.41. The molecule has 0 radical (unpaired) electrons. The fourth-order valence-corrected chi connectivity index (χ4v) is 4.14. The van der Waals surface area contributed by atoms with Crippen LogP contribution in [-0.4, -0.2) is 26.2 Å². The summed E-state index contributed by atoms with van der Waals surface area (Å²) in [4.78, 5) is 13.1. The average Bonchev–Trinajstić information content (AvgIpc) is 2.74. The van der Waals surface area contributed by atoms with Gasteiger partial charge < -0.3 is 20.5 Å². The third-order valence-corrected chi connectivity index (χ3v) is 5.90. The summed E-state index contributed by atoms with van der Waals surface area (Å²) in [6.45, 7) is 2.10. The molecule has 0 spiro atoms. The van der Waals surface area contributed by atoms with Crippen molar-refractivity contribution in [3.63, 3.8) is 0 Å². The zero-order valence-electron chi connectivity index (χ0n) is 18.0. The second-order valence-electron chi connectivity index (χ2n) is 7.93. The van der Waals surface area contributed by atoms with Gasteiger partial charge in [-0.2, -0.15) is 0 Å². The van der Waals surface area contributed by atoms with Crippen molar-refractivity contribution in [2.75, 3.05) is 14.2 Å². The molecule has 5 nitrogen and oxygen atoms in total. The van der Waals surface area contributed by atoms with E-state index in [1.165, 1.54) is 11.1 Å². The molecule has 1 fully saturated rings. The maximum Gasteiger partial charge on any atom is 0.223 e. The van der Waals surface area contributed by atoms with Gasteiger partial charge in [-0.25, -0.2) is 0 Å². The monoisotopic (exact) mass is 432 g/mol. The van der Waals surface area contributed by atoms with E-state index in [-0.39, 0.29) is 36.3 Å². The molecule has 3 atom stereocenters. The van der Waals surface area contributed by atoms with Crippen LogP contribution in [0.15, 0.2) is 42.5 Å². The normalized spacial score (nSPS) is 19.3. The van der Waals surface area contributed by atoms with Crippen molar-refractivity contribution < 1.29 is 14.3 Å². The van der Waals surface area contributed by atoms with Crippen LogP contribution in [0.2, 0.25) is 0 Å². The highest BCUT2D eigenvalue weighted by atomic mass is 35.5. The van der Waals surface area contributed by atoms with Crippen LogP contribution in [0.3, 0.4) is 0 Å². The standard InChI is InChI=1S/C24H32N2O3.ClH/c1-16-7-4-5-8-17(16)14-21(18-11-12-22(28-2)23(15-18)29-3)26-24(27)19-9-6-10-20(25)13-19;/h4-5,7-8,11-12,15,19-21H,6,9-10,13-14,25H2,1-3H3,(H,26,27);1H. The molecule has 30 heavy (non-hydrogen) atoms. The van der Waals surface area contributed by atoms with Crippen LogP contribution in [0.4, 0.5) is 0 Å². The molecule has 0 saturated heterocycles. The minimum atomic E-state index is -0.151. The van der Waals surface area contributed by atoms with Crippen molar-refractivity contribution in [1.82, 2.24) is 5.32 Å². The average molecular weight is 433 g/mol. The van der Waals surface area contributed by atoms with Crippen molar-refractivity contribution in [2.24, 2.45) is 11.7 Å². The summed E-state index contributed by atoms with van der Waals surface area (Å²) < 4.78 is 10.9. The SMILES string of the molecule is COc1ccc(C(Cc2ccccc2C)NC(=O)C2CCCC(N)C2)cc1OC.Cl. The van der Waals surface area contributed by atoms with Crippen molar-refractivity contribution >= 4 is 18.3 Å². The number of benzene rings is 2. The fraction of sp³-hybridized carbons (Fsp3) is 0.458. The van der Waals surface area contributed by atoms with Gasteiger partial charge in [0.2, 0.25) is 5.91 Å². The van der Waals surface area contributed by atoms with E-state index < -0.39 is 0 Å². The number of ether oxygens (including phenoxy) is 2. The topological polar surface area (TPSA) is 73.6 Å². The Kier molecular flexibility index (Phi) is 9.00. The molecule has 0 aromatic heterocycles. The number of hydrogen-bond donors (Lipinski definition) is 2. The third-order valence-electron chi connectivity index (χ3n) is 5.90. The van der Waals surface area contributed by atoms with Crippen LogP contribution in [0.5, 0.6) is 11.5 Å². The summed E-state index contributed by atoms with van der Waals surface area (Å²) in [7, 11) is 3.25. The second kappa shape index (κ2) is 11.2. The Bertz CT molecular complexity index is 843. The lowest BCUT2D eigenvalue weighted by Gasteiger charge is -2.28. The van der Waals surface area contributed by atoms with Gasteiger partial charge in [0.15, 0.2) is 11.5 Å². The highest BCUT2D eigenvalue weighted by Crippen LogP contribution is 2.32. The lowest BCUT2D eigenvalue weighted by Crippen LogP contribution is -2.39. The molecule has 1 aliphatic carbocycles. The van der Waals surface area contributed by atoms with E-state index in [2.05, 4.69) is 24.4 Å². The largest absolute Gasteiger partial charge is 0.493 e. The van der Waals surface area contributed by atoms with Gasteiger partial charge in [-0.15, -0.1) is 12.4 Å². The summed E-state index contributed by atoms with van der Waals surface area (Å²) in [6, 6.07) is 14.1. The molecule has 0 bridgehead atoms. The molecule has 1 amide bonds. The van der Waals surface area contributed by atoms with Crippen LogP contribution in [0, 0.1) is 12.8 Å². The highest BCUT2D eigenvalue weighted by Gasteiger charge is 2.28. The van der Waals surface area contributed by atoms with Gasteiger partial charge in [0.05, 0.1) is 20.3 Å². The van der Waals surface area contributed by atoms with Crippen LogP contribution in [0.1, 0.15) is 48.4 Å². The van der Waals surface area contributed by atoms with Gasteiger partial charge >= 0.3 is 0 Å². The lowest BCUT2D eigenvalue weighted by atomic mass is 9.85. The van der Waals surface area contributed by atoms with Crippen molar-refractivity contribution in [2.45, 2.75) is 51.1 Å². The number of nitrogens with two attached hydrogens (primary N) is 1. The van der Waals surface area contributed by atoms with E-state index >= 15 is 0 Å². The molecule has 3 unspecified atom stereocenters. The number of aryl methyl sites for hydroxylation is 1. The molecule has 164 valence electrons. The first-order chi connectivity index (χ1) is 14.0. The minimum absolute atomic E-state index is 0. The van der Waals surface area contributed by atoms with E-state index in [0.29, 0.717) is 17.9 Å². The first-order valence-electron chi connectivity index (χ1n) is 10.3. The van der Waals surface area contributed by atoms with Crippen molar-refractivity contribution in [3.05, 3.63) is 59.2 Å². The van der Waals surface area contributed by atoms with Crippen LogP contribution >= 0.6 is 12.4 Å². The molecular weight excluding hydrogens is 400 g/mol. The Balaban J connectivity index is 0.00000320. The van der Waals surface area contributed by atoms with Gasteiger partial charge in [-0.05, 0) is 61.4 Å². The Labute approximate surface area is 185 Å². The molecule has 3 N–H and O–H groups in total. The van der Waals surface area contributed by atoms with Gasteiger partial charge in [0, 0.05) is 12.0 Å². The van der Waals surface area contributed by atoms with Gasteiger partial charge in [0.1, 0.15) is 0 Å². The molecule has 3 rings (SSSR count). The smallest absolute Gasteiger partial charge is 0.223 e. The number of carbonyl (C=O) groups is 1. The molecule has 1 aliphatic rings. The molecule has 0 heterocycles. The van der Waals surface area contributed by atoms with E-state index in [1.54, 1.807) is 14.2 Å². The van der Waals surface area contributed by atoms with Gasteiger partial charge in [-0.1, -0.05) is 36.8 Å². The molecule has 0 aliphatic heterocycles. The minimum Gasteiger partial charge on any atom is -0.493 e. The van der Waals surface area contributed by atoms with Gasteiger partial charge in [-0.3, -0.25) is 4.79 Å². The van der Waals surface area contributed by atoms with E-state index in [1.807, 2.05) is 30.3 Å². The summed E-state index contributed by atoms with van der Waals surface area (Å²) >= 11 is 0. The Morgan fingerprint density at radius 2 is 1.87 bits per heavy atom. The third kappa shape index (κ3) is 5.89. The van der Waals surface area contributed by atoms with Crippen molar-refractivity contribution in [3.8, 4) is 11.5 Å². The maximum atomic E-state index is 13.1. The molecule has 6 heteroatoms. The Morgan fingerprint density at radius 3 is 2.53 bits per heavy atom. The molecular formula is C24H33ClN2O3. The predicted molar refractivity (Wildman–Crippen MR) is 122 cm³/mol. The summed E-state index contributed by atoms with van der Waals surface area (Å²) in [5.41, 5.74) is 9.54. The van der Waals surface area contributed by atoms with Crippen LogP contribution in [-0.2, 0) is 11.2 Å². The van der Waals surface area contributed by atoms with E-state index in [4.69, 9.17) is 15.2 Å². The highest BCUT2D eigenvalue weighted by molar-refractivity contribution is 5.85. The summed E-state index contributed by atoms with van der Waals surface area (Å²) in [5, 5.41) is 3.30. The number of carbonyl (C=O) groups excluding carboxylic acids is 1.